The third-order valence-electron chi connectivity index (χ3n) is 3.07. The van der Waals surface area contributed by atoms with Gasteiger partial charge in [-0.2, -0.15) is 0 Å². The largest absolute Gasteiger partial charge is 0.299 e. The molecule has 0 aliphatic heterocycles. The van der Waals surface area contributed by atoms with E-state index >= 15 is 0 Å². The highest BCUT2D eigenvalue weighted by Crippen LogP contribution is 2.29. The lowest BCUT2D eigenvalue weighted by Crippen LogP contribution is -2.20. The molecule has 0 aromatic heterocycles. The summed E-state index contributed by atoms with van der Waals surface area (Å²) in [6, 6.07) is 0. The van der Waals surface area contributed by atoms with Crippen molar-refractivity contribution in [1.29, 1.82) is 0 Å². The monoisotopic (exact) mass is 194 g/mol. The van der Waals surface area contributed by atoms with Crippen molar-refractivity contribution < 1.29 is 4.79 Å². The Morgan fingerprint density at radius 3 is 2.79 bits per heavy atom. The molecule has 1 atom stereocenters. The fraction of sp³-hybridized carbons (Fsp3) is 0.769. The van der Waals surface area contributed by atoms with E-state index in [4.69, 9.17) is 0 Å². The normalized spacial score (nSPS) is 22.7. The van der Waals surface area contributed by atoms with E-state index < -0.39 is 0 Å². The lowest BCUT2D eigenvalue weighted by molar-refractivity contribution is -0.122. The summed E-state index contributed by atoms with van der Waals surface area (Å²) in [6.07, 6.45) is 7.32. The molecule has 0 bridgehead atoms. The maximum Gasteiger partial charge on any atom is 0.140 e. The van der Waals surface area contributed by atoms with Crippen LogP contribution in [0.2, 0.25) is 0 Å². The molecule has 1 nitrogen and oxygen atoms in total. The lowest BCUT2D eigenvalue weighted by atomic mass is 9.81. The van der Waals surface area contributed by atoms with Gasteiger partial charge in [-0.3, -0.25) is 4.79 Å². The van der Waals surface area contributed by atoms with Gasteiger partial charge in [0.2, 0.25) is 0 Å². The Hall–Kier alpha value is -0.590. The van der Waals surface area contributed by atoms with Crippen LogP contribution in [0, 0.1) is 11.8 Å². The van der Waals surface area contributed by atoms with Crippen molar-refractivity contribution >= 4 is 5.78 Å². The van der Waals surface area contributed by atoms with Gasteiger partial charge in [-0.25, -0.2) is 0 Å². The van der Waals surface area contributed by atoms with E-state index in [0.717, 1.165) is 25.7 Å². The first-order chi connectivity index (χ1) is 6.65. The van der Waals surface area contributed by atoms with Crippen molar-refractivity contribution in [2.45, 2.75) is 52.9 Å². The minimum atomic E-state index is 0.260. The molecule has 0 amide bonds. The summed E-state index contributed by atoms with van der Waals surface area (Å²) >= 11 is 0. The van der Waals surface area contributed by atoms with Crippen molar-refractivity contribution in [1.82, 2.24) is 0 Å². The van der Waals surface area contributed by atoms with Crippen LogP contribution in [0.3, 0.4) is 0 Å². The Balaban J connectivity index is 2.57. The third kappa shape index (κ3) is 2.97. The maximum atomic E-state index is 11.7. The summed E-state index contributed by atoms with van der Waals surface area (Å²) in [6.45, 7) is 6.61. The number of hydrogen-bond donors (Lipinski definition) is 0. The van der Waals surface area contributed by atoms with Crippen LogP contribution in [0.1, 0.15) is 52.9 Å². The van der Waals surface area contributed by atoms with Crippen LogP contribution in [0.15, 0.2) is 11.6 Å². The first-order valence-corrected chi connectivity index (χ1v) is 5.86. The molecule has 0 saturated heterocycles. The van der Waals surface area contributed by atoms with E-state index in [1.807, 2.05) is 0 Å². The van der Waals surface area contributed by atoms with Gasteiger partial charge in [0.15, 0.2) is 0 Å². The first-order valence-electron chi connectivity index (χ1n) is 5.86. The highest BCUT2D eigenvalue weighted by Gasteiger charge is 2.24. The van der Waals surface area contributed by atoms with Crippen LogP contribution >= 0.6 is 0 Å². The molecule has 1 rings (SSSR count). The molecule has 80 valence electrons. The molecule has 14 heavy (non-hydrogen) atoms. The summed E-state index contributed by atoms with van der Waals surface area (Å²) in [5.74, 6) is 1.45. The highest BCUT2D eigenvalue weighted by atomic mass is 16.1. The zero-order chi connectivity index (χ0) is 10.6. The molecule has 0 spiro atoms. The van der Waals surface area contributed by atoms with Crippen molar-refractivity contribution in [2.24, 2.45) is 11.8 Å². The van der Waals surface area contributed by atoms with E-state index in [1.54, 1.807) is 0 Å². The second-order valence-corrected chi connectivity index (χ2v) is 4.66. The van der Waals surface area contributed by atoms with E-state index in [1.165, 1.54) is 12.0 Å². The fourth-order valence-electron chi connectivity index (χ4n) is 2.16. The molecule has 0 heterocycles. The number of allylic oxidation sites excluding steroid dienone is 2. The Labute approximate surface area is 87.6 Å². The zero-order valence-corrected chi connectivity index (χ0v) is 9.68. The lowest BCUT2D eigenvalue weighted by Gasteiger charge is -2.23. The van der Waals surface area contributed by atoms with Crippen LogP contribution in [-0.2, 0) is 4.79 Å². The molecular weight excluding hydrogens is 172 g/mol. The quantitative estimate of drug-likeness (QED) is 0.623. The SMILES string of the molecule is CCC1=CCCC(=O)C1CCC(C)C. The molecule has 0 aromatic rings. The molecule has 0 fully saturated rings. The molecule has 1 aliphatic rings. The van der Waals surface area contributed by atoms with Gasteiger partial charge in [0, 0.05) is 12.3 Å². The molecule has 0 aromatic carbocycles. The third-order valence-corrected chi connectivity index (χ3v) is 3.07. The molecule has 0 saturated carbocycles. The molecule has 0 radical (unpaired) electrons. The number of rotatable bonds is 4. The predicted molar refractivity (Wildman–Crippen MR) is 60.2 cm³/mol. The maximum absolute atomic E-state index is 11.7. The number of ketones is 1. The summed E-state index contributed by atoms with van der Waals surface area (Å²) < 4.78 is 0. The summed E-state index contributed by atoms with van der Waals surface area (Å²) in [7, 11) is 0. The Kier molecular flexibility index (Phi) is 4.37. The van der Waals surface area contributed by atoms with Crippen LogP contribution in [-0.4, -0.2) is 5.78 Å². The molecule has 1 unspecified atom stereocenters. The summed E-state index contributed by atoms with van der Waals surface area (Å²) in [4.78, 5) is 11.7. The van der Waals surface area contributed by atoms with E-state index in [9.17, 15) is 4.79 Å². The number of Topliss-reactive ketones (excluding diaryl/α,β-unsaturated/α-hetero) is 1. The predicted octanol–water partition coefficient (Wildman–Crippen LogP) is 3.74. The molecule has 1 aliphatic carbocycles. The second-order valence-electron chi connectivity index (χ2n) is 4.66. The van der Waals surface area contributed by atoms with Gasteiger partial charge in [0.1, 0.15) is 5.78 Å². The number of carbonyl (C=O) groups excluding carboxylic acids is 1. The van der Waals surface area contributed by atoms with Crippen LogP contribution < -0.4 is 0 Å². The molecular formula is C13H22O. The van der Waals surface area contributed by atoms with Gasteiger partial charge >= 0.3 is 0 Å². The van der Waals surface area contributed by atoms with Crippen molar-refractivity contribution in [2.75, 3.05) is 0 Å². The van der Waals surface area contributed by atoms with Gasteiger partial charge < -0.3 is 0 Å². The fourth-order valence-corrected chi connectivity index (χ4v) is 2.16. The number of carbonyl (C=O) groups is 1. The average molecular weight is 194 g/mol. The Morgan fingerprint density at radius 1 is 1.50 bits per heavy atom. The Morgan fingerprint density at radius 2 is 2.21 bits per heavy atom. The first kappa shape index (κ1) is 11.5. The standard InChI is InChI=1S/C13H22O/c1-4-11-6-5-7-13(14)12(11)9-8-10(2)3/h6,10,12H,4-5,7-9H2,1-3H3. The van der Waals surface area contributed by atoms with Gasteiger partial charge in [-0.1, -0.05) is 32.4 Å². The topological polar surface area (TPSA) is 17.1 Å². The smallest absolute Gasteiger partial charge is 0.140 e. The average Bonchev–Trinajstić information content (AvgIpc) is 2.15. The van der Waals surface area contributed by atoms with Crippen molar-refractivity contribution in [3.8, 4) is 0 Å². The van der Waals surface area contributed by atoms with Gasteiger partial charge in [0.25, 0.3) is 0 Å². The summed E-state index contributed by atoms with van der Waals surface area (Å²) in [5, 5.41) is 0. The molecule has 1 heteroatoms. The van der Waals surface area contributed by atoms with Gasteiger partial charge in [-0.15, -0.1) is 0 Å². The van der Waals surface area contributed by atoms with E-state index in [2.05, 4.69) is 26.8 Å². The second kappa shape index (κ2) is 5.33. The van der Waals surface area contributed by atoms with E-state index in [0.29, 0.717) is 11.7 Å². The summed E-state index contributed by atoms with van der Waals surface area (Å²) in [5.41, 5.74) is 1.39. The minimum absolute atomic E-state index is 0.260. The molecule has 0 N–H and O–H groups in total. The van der Waals surface area contributed by atoms with Gasteiger partial charge in [0.05, 0.1) is 0 Å². The van der Waals surface area contributed by atoms with Gasteiger partial charge in [-0.05, 0) is 31.6 Å². The highest BCUT2D eigenvalue weighted by molar-refractivity contribution is 5.84. The van der Waals surface area contributed by atoms with E-state index in [-0.39, 0.29) is 5.92 Å². The van der Waals surface area contributed by atoms with Crippen LogP contribution in [0.25, 0.3) is 0 Å². The van der Waals surface area contributed by atoms with Crippen molar-refractivity contribution in [3.63, 3.8) is 0 Å². The van der Waals surface area contributed by atoms with Crippen LogP contribution in [0.4, 0.5) is 0 Å². The van der Waals surface area contributed by atoms with Crippen LogP contribution in [0.5, 0.6) is 0 Å². The van der Waals surface area contributed by atoms with Crippen molar-refractivity contribution in [3.05, 3.63) is 11.6 Å². The Bertz CT molecular complexity index is 225. The minimum Gasteiger partial charge on any atom is -0.299 e. The zero-order valence-electron chi connectivity index (χ0n) is 9.68. The number of hydrogen-bond acceptors (Lipinski definition) is 1.